The van der Waals surface area contributed by atoms with Crippen molar-refractivity contribution < 1.29 is 18.7 Å². The summed E-state index contributed by atoms with van der Waals surface area (Å²) in [6.45, 7) is 1.32. The Bertz CT molecular complexity index is 755. The third-order valence-electron chi connectivity index (χ3n) is 3.44. The van der Waals surface area contributed by atoms with Crippen LogP contribution in [-0.4, -0.2) is 19.2 Å². The number of nitrogens with one attached hydrogen (secondary N) is 2. The Morgan fingerprint density at radius 3 is 2.83 bits per heavy atom. The van der Waals surface area contributed by atoms with Crippen LogP contribution >= 0.6 is 11.6 Å². The molecule has 0 atom stereocenters. The molecule has 0 fully saturated rings. The molecule has 2 aromatic carbocycles. The van der Waals surface area contributed by atoms with Crippen LogP contribution in [0, 0.1) is 5.82 Å². The van der Waals surface area contributed by atoms with E-state index in [1.54, 1.807) is 24.3 Å². The number of carbonyl (C=O) groups excluding carboxylic acids is 1. The number of rotatable bonds is 3. The summed E-state index contributed by atoms with van der Waals surface area (Å²) in [4.78, 5) is 11.9. The largest absolute Gasteiger partial charge is 0.489 e. The quantitative estimate of drug-likeness (QED) is 0.880. The van der Waals surface area contributed by atoms with Crippen LogP contribution in [0.5, 0.6) is 11.5 Å². The summed E-state index contributed by atoms with van der Waals surface area (Å²) in [5.74, 6) is 0.589. The van der Waals surface area contributed by atoms with Gasteiger partial charge in [0.25, 0.3) is 0 Å². The Morgan fingerprint density at radius 1 is 1.21 bits per heavy atom. The van der Waals surface area contributed by atoms with Crippen molar-refractivity contribution >= 4 is 23.3 Å². The average molecular weight is 351 g/mol. The molecule has 0 spiro atoms. The Hall–Kier alpha value is -2.47. The maximum Gasteiger partial charge on any atom is 0.319 e. The van der Waals surface area contributed by atoms with Crippen molar-refractivity contribution in [3.8, 4) is 11.5 Å². The number of fused-ring (bicyclic) bond motifs is 1. The predicted molar refractivity (Wildman–Crippen MR) is 89.3 cm³/mol. The Morgan fingerprint density at radius 2 is 2.00 bits per heavy atom. The van der Waals surface area contributed by atoms with Gasteiger partial charge in [0.05, 0.1) is 23.9 Å². The van der Waals surface area contributed by atoms with Gasteiger partial charge in [-0.2, -0.15) is 0 Å². The third kappa shape index (κ3) is 3.89. The number of benzene rings is 2. The first kappa shape index (κ1) is 16.4. The van der Waals surface area contributed by atoms with E-state index in [-0.39, 0.29) is 12.2 Å². The first-order chi connectivity index (χ1) is 11.6. The van der Waals surface area contributed by atoms with Gasteiger partial charge in [-0.3, -0.25) is 0 Å². The second kappa shape index (κ2) is 7.40. The fraction of sp³-hybridized carbons (Fsp3) is 0.235. The van der Waals surface area contributed by atoms with Crippen LogP contribution in [0.2, 0.25) is 5.02 Å². The van der Waals surface area contributed by atoms with Gasteiger partial charge in [0, 0.05) is 13.0 Å². The number of urea groups is 1. The van der Waals surface area contributed by atoms with Gasteiger partial charge in [-0.15, -0.1) is 0 Å². The molecule has 1 heterocycles. The molecule has 0 aromatic heterocycles. The molecule has 1 aliphatic heterocycles. The van der Waals surface area contributed by atoms with Gasteiger partial charge in [0.2, 0.25) is 0 Å². The van der Waals surface area contributed by atoms with E-state index in [4.69, 9.17) is 21.1 Å². The number of carbonyl (C=O) groups is 1. The summed E-state index contributed by atoms with van der Waals surface area (Å²) in [7, 11) is 0. The maximum atomic E-state index is 13.5. The Balaban J connectivity index is 1.64. The summed E-state index contributed by atoms with van der Waals surface area (Å²) in [6, 6.07) is 8.93. The molecule has 3 rings (SSSR count). The molecule has 1 aliphatic rings. The molecule has 24 heavy (non-hydrogen) atoms. The maximum absolute atomic E-state index is 13.5. The molecule has 0 aliphatic carbocycles. The number of ether oxygens (including phenoxy) is 2. The van der Waals surface area contributed by atoms with E-state index in [0.717, 1.165) is 12.0 Å². The SMILES string of the molecule is O=C(NCc1cc(Cl)c2c(c1)OCCCO2)Nc1ccccc1F. The molecule has 0 radical (unpaired) electrons. The van der Waals surface area contributed by atoms with Crippen molar-refractivity contribution in [2.75, 3.05) is 18.5 Å². The van der Waals surface area contributed by atoms with Crippen LogP contribution < -0.4 is 20.1 Å². The lowest BCUT2D eigenvalue weighted by atomic mass is 10.2. The number of anilines is 1. The van der Waals surface area contributed by atoms with Crippen molar-refractivity contribution in [1.29, 1.82) is 0 Å². The molecule has 126 valence electrons. The minimum absolute atomic E-state index is 0.117. The first-order valence-corrected chi connectivity index (χ1v) is 7.88. The summed E-state index contributed by atoms with van der Waals surface area (Å²) in [6.07, 6.45) is 0.781. The number of halogens is 2. The molecule has 0 bridgehead atoms. The Labute approximate surface area is 143 Å². The Kier molecular flexibility index (Phi) is 5.05. The highest BCUT2D eigenvalue weighted by atomic mass is 35.5. The minimum atomic E-state index is -0.511. The zero-order valence-corrected chi connectivity index (χ0v) is 13.5. The second-order valence-corrected chi connectivity index (χ2v) is 5.65. The molecular formula is C17H16ClFN2O3. The summed E-state index contributed by atoms with van der Waals surface area (Å²) in [5.41, 5.74) is 0.875. The lowest BCUT2D eigenvalue weighted by Gasteiger charge is -2.12. The second-order valence-electron chi connectivity index (χ2n) is 5.24. The van der Waals surface area contributed by atoms with Crippen LogP contribution in [0.3, 0.4) is 0 Å². The molecule has 2 amide bonds. The molecular weight excluding hydrogens is 335 g/mol. The number of hydrogen-bond donors (Lipinski definition) is 2. The van der Waals surface area contributed by atoms with E-state index < -0.39 is 11.8 Å². The van der Waals surface area contributed by atoms with Crippen molar-refractivity contribution in [2.24, 2.45) is 0 Å². The van der Waals surface area contributed by atoms with Crippen molar-refractivity contribution in [2.45, 2.75) is 13.0 Å². The number of para-hydroxylation sites is 1. The summed E-state index contributed by atoms with van der Waals surface area (Å²) < 4.78 is 24.7. The predicted octanol–water partition coefficient (Wildman–Crippen LogP) is 3.96. The summed E-state index contributed by atoms with van der Waals surface area (Å²) in [5, 5.41) is 5.54. The number of hydrogen-bond acceptors (Lipinski definition) is 3. The van der Waals surface area contributed by atoms with E-state index in [0.29, 0.717) is 29.7 Å². The van der Waals surface area contributed by atoms with Gasteiger partial charge < -0.3 is 20.1 Å². The van der Waals surface area contributed by atoms with Crippen LogP contribution in [-0.2, 0) is 6.54 Å². The van der Waals surface area contributed by atoms with Gasteiger partial charge in [0.15, 0.2) is 11.5 Å². The number of amides is 2. The fourth-order valence-electron chi connectivity index (χ4n) is 2.30. The standard InChI is InChI=1S/C17H16ClFN2O3/c18-12-8-11(9-15-16(12)24-7-3-6-23-15)10-20-17(22)21-14-5-2-1-4-13(14)19/h1-2,4-5,8-9H,3,6-7,10H2,(H2,20,21,22). The van der Waals surface area contributed by atoms with E-state index in [9.17, 15) is 9.18 Å². The van der Waals surface area contributed by atoms with E-state index in [1.807, 2.05) is 0 Å². The average Bonchev–Trinajstić information content (AvgIpc) is 2.81. The highest BCUT2D eigenvalue weighted by molar-refractivity contribution is 6.32. The molecule has 0 saturated carbocycles. The fourth-order valence-corrected chi connectivity index (χ4v) is 2.59. The smallest absolute Gasteiger partial charge is 0.319 e. The molecule has 0 saturated heterocycles. The van der Waals surface area contributed by atoms with Gasteiger partial charge in [-0.1, -0.05) is 23.7 Å². The van der Waals surface area contributed by atoms with Gasteiger partial charge in [0.1, 0.15) is 5.82 Å². The highest BCUT2D eigenvalue weighted by Crippen LogP contribution is 2.37. The first-order valence-electron chi connectivity index (χ1n) is 7.51. The molecule has 2 aromatic rings. The summed E-state index contributed by atoms with van der Waals surface area (Å²) >= 11 is 6.20. The monoisotopic (exact) mass is 350 g/mol. The van der Waals surface area contributed by atoms with Crippen LogP contribution in [0.25, 0.3) is 0 Å². The van der Waals surface area contributed by atoms with Gasteiger partial charge >= 0.3 is 6.03 Å². The highest BCUT2D eigenvalue weighted by Gasteiger charge is 2.16. The van der Waals surface area contributed by atoms with Gasteiger partial charge in [-0.05, 0) is 29.8 Å². The van der Waals surface area contributed by atoms with Crippen molar-refractivity contribution in [3.63, 3.8) is 0 Å². The van der Waals surface area contributed by atoms with Crippen molar-refractivity contribution in [3.05, 3.63) is 52.8 Å². The lowest BCUT2D eigenvalue weighted by molar-refractivity contribution is 0.251. The van der Waals surface area contributed by atoms with E-state index >= 15 is 0 Å². The normalized spacial score (nSPS) is 13.1. The van der Waals surface area contributed by atoms with E-state index in [2.05, 4.69) is 10.6 Å². The van der Waals surface area contributed by atoms with Crippen LogP contribution in [0.15, 0.2) is 36.4 Å². The minimum Gasteiger partial charge on any atom is -0.489 e. The zero-order valence-electron chi connectivity index (χ0n) is 12.8. The zero-order chi connectivity index (χ0) is 16.9. The lowest BCUT2D eigenvalue weighted by Crippen LogP contribution is -2.28. The van der Waals surface area contributed by atoms with Crippen LogP contribution in [0.1, 0.15) is 12.0 Å². The van der Waals surface area contributed by atoms with Crippen molar-refractivity contribution in [1.82, 2.24) is 5.32 Å². The van der Waals surface area contributed by atoms with Gasteiger partial charge in [-0.25, -0.2) is 9.18 Å². The molecule has 2 N–H and O–H groups in total. The van der Waals surface area contributed by atoms with E-state index in [1.165, 1.54) is 12.1 Å². The molecule has 7 heteroatoms. The van der Waals surface area contributed by atoms with Crippen LogP contribution in [0.4, 0.5) is 14.9 Å². The molecule has 5 nitrogen and oxygen atoms in total. The topological polar surface area (TPSA) is 59.6 Å². The molecule has 0 unspecified atom stereocenters. The third-order valence-corrected chi connectivity index (χ3v) is 3.72.